The SMILES string of the molecule is O.O.c1cc[c]([SnH]([c]2ccccc2)[c]2ccccc2)cc1.c1cc[c]([SnH]([c]2ccccc2)[c]2ccccc2)cc1. The van der Waals surface area contributed by atoms with E-state index in [-0.39, 0.29) is 11.0 Å². The molecule has 2 nitrogen and oxygen atoms in total. The van der Waals surface area contributed by atoms with Crippen LogP contribution < -0.4 is 21.5 Å². The number of benzene rings is 6. The van der Waals surface area contributed by atoms with Crippen molar-refractivity contribution in [2.75, 3.05) is 0 Å². The molecule has 6 aromatic carbocycles. The van der Waals surface area contributed by atoms with Crippen LogP contribution in [0.25, 0.3) is 0 Å². The van der Waals surface area contributed by atoms with Gasteiger partial charge in [-0.05, 0) is 0 Å². The summed E-state index contributed by atoms with van der Waals surface area (Å²) in [5, 5.41) is 0. The van der Waals surface area contributed by atoms with Crippen LogP contribution in [0.5, 0.6) is 0 Å². The van der Waals surface area contributed by atoms with Crippen LogP contribution in [0, 0.1) is 0 Å². The van der Waals surface area contributed by atoms with E-state index in [0.717, 1.165) is 0 Å². The summed E-state index contributed by atoms with van der Waals surface area (Å²) in [6.45, 7) is 0. The summed E-state index contributed by atoms with van der Waals surface area (Å²) in [6.07, 6.45) is 0. The predicted molar refractivity (Wildman–Crippen MR) is 178 cm³/mol. The second kappa shape index (κ2) is 16.8. The van der Waals surface area contributed by atoms with Crippen LogP contribution in [0.1, 0.15) is 0 Å². The Balaban J connectivity index is 0.000000210. The first-order chi connectivity index (χ1) is 18.9. The van der Waals surface area contributed by atoms with Crippen LogP contribution in [0.15, 0.2) is 182 Å². The molecule has 0 saturated heterocycles. The van der Waals surface area contributed by atoms with Crippen molar-refractivity contribution in [2.24, 2.45) is 0 Å². The third-order valence-electron chi connectivity index (χ3n) is 6.80. The van der Waals surface area contributed by atoms with Gasteiger partial charge in [0.1, 0.15) is 0 Å². The van der Waals surface area contributed by atoms with Crippen molar-refractivity contribution in [1.82, 2.24) is 0 Å². The zero-order chi connectivity index (χ0) is 25.8. The van der Waals surface area contributed by atoms with Crippen molar-refractivity contribution < 1.29 is 11.0 Å². The Morgan fingerprint density at radius 3 is 0.450 bits per heavy atom. The van der Waals surface area contributed by atoms with E-state index in [1.807, 2.05) is 0 Å². The Morgan fingerprint density at radius 1 is 0.200 bits per heavy atom. The summed E-state index contributed by atoms with van der Waals surface area (Å²) < 4.78 is 9.26. The third-order valence-corrected chi connectivity index (χ3v) is 24.8. The first-order valence-electron chi connectivity index (χ1n) is 13.2. The predicted octanol–water partition coefficient (Wildman–Crippen LogP) is 2.22. The van der Waals surface area contributed by atoms with Gasteiger partial charge in [-0.1, -0.05) is 0 Å². The van der Waals surface area contributed by atoms with E-state index in [9.17, 15) is 0 Å². The van der Waals surface area contributed by atoms with Gasteiger partial charge in [-0.3, -0.25) is 0 Å². The van der Waals surface area contributed by atoms with E-state index >= 15 is 0 Å². The molecule has 0 aliphatic heterocycles. The van der Waals surface area contributed by atoms with Crippen molar-refractivity contribution in [3.05, 3.63) is 182 Å². The van der Waals surface area contributed by atoms with Crippen LogP contribution in [0.4, 0.5) is 0 Å². The minimum absolute atomic E-state index is 0. The Kier molecular flexibility index (Phi) is 13.2. The van der Waals surface area contributed by atoms with E-state index in [4.69, 9.17) is 0 Å². The average molecular weight is 738 g/mol. The van der Waals surface area contributed by atoms with Crippen LogP contribution in [-0.2, 0) is 0 Å². The van der Waals surface area contributed by atoms with Crippen molar-refractivity contribution in [2.45, 2.75) is 0 Å². The summed E-state index contributed by atoms with van der Waals surface area (Å²) in [7, 11) is 0. The molecule has 6 rings (SSSR count). The molecule has 0 heterocycles. The molecule has 0 amide bonds. The summed E-state index contributed by atoms with van der Waals surface area (Å²) in [4.78, 5) is 0. The van der Waals surface area contributed by atoms with Gasteiger partial charge >= 0.3 is 243 Å². The first-order valence-corrected chi connectivity index (χ1v) is 23.1. The summed E-state index contributed by atoms with van der Waals surface area (Å²) in [6, 6.07) is 66.0. The van der Waals surface area contributed by atoms with Gasteiger partial charge in [0.2, 0.25) is 0 Å². The zero-order valence-electron chi connectivity index (χ0n) is 22.5. The van der Waals surface area contributed by atoms with Crippen LogP contribution in [0.2, 0.25) is 0 Å². The fourth-order valence-electron chi connectivity index (χ4n) is 5.03. The summed E-state index contributed by atoms with van der Waals surface area (Å²) in [5.41, 5.74) is 0. The minimum atomic E-state index is -2.14. The Bertz CT molecular complexity index is 1180. The molecule has 0 unspecified atom stereocenters. The molecule has 4 heteroatoms. The van der Waals surface area contributed by atoms with Crippen LogP contribution in [0.3, 0.4) is 0 Å². The molecule has 6 aromatic rings. The van der Waals surface area contributed by atoms with Gasteiger partial charge in [-0.25, -0.2) is 0 Å². The van der Waals surface area contributed by atoms with E-state index in [1.165, 1.54) is 0 Å². The zero-order valence-corrected chi connectivity index (χ0v) is 29.1. The molecule has 0 spiro atoms. The van der Waals surface area contributed by atoms with E-state index in [2.05, 4.69) is 182 Å². The Labute approximate surface area is 252 Å². The molecule has 4 N–H and O–H groups in total. The molecule has 40 heavy (non-hydrogen) atoms. The second-order valence-electron chi connectivity index (χ2n) is 9.33. The normalized spacial score (nSPS) is 10.1. The number of rotatable bonds is 6. The molecule has 0 aromatic heterocycles. The van der Waals surface area contributed by atoms with Gasteiger partial charge in [-0.15, -0.1) is 0 Å². The Morgan fingerprint density at radius 2 is 0.325 bits per heavy atom. The van der Waals surface area contributed by atoms with Crippen LogP contribution in [-0.4, -0.2) is 50.5 Å². The maximum atomic E-state index is 2.29. The molecule has 0 bridgehead atoms. The third kappa shape index (κ3) is 8.42. The Hall–Kier alpha value is -3.16. The molecular weight excluding hydrogens is 702 g/mol. The maximum absolute atomic E-state index is 2.29. The fourth-order valence-corrected chi connectivity index (χ4v) is 22.0. The molecular formula is C36H36O2Sn2. The van der Waals surface area contributed by atoms with Crippen LogP contribution >= 0.6 is 0 Å². The second-order valence-corrected chi connectivity index (χ2v) is 25.7. The number of hydrogen-bond acceptors (Lipinski definition) is 0. The number of hydrogen-bond donors (Lipinski definition) is 0. The summed E-state index contributed by atoms with van der Waals surface area (Å²) in [5.74, 6) is 0. The van der Waals surface area contributed by atoms with Gasteiger partial charge in [0.25, 0.3) is 0 Å². The molecule has 0 atom stereocenters. The van der Waals surface area contributed by atoms with Gasteiger partial charge < -0.3 is 11.0 Å². The van der Waals surface area contributed by atoms with Crippen molar-refractivity contribution in [3.63, 3.8) is 0 Å². The van der Waals surface area contributed by atoms with Gasteiger partial charge in [0.15, 0.2) is 0 Å². The standard InChI is InChI=1S/6C6H5.2H2O.2Sn.2H/c6*1-2-4-6-5-3-1;;;;;;/h6*1-5H;2*1H2;;;;. The van der Waals surface area contributed by atoms with Crippen molar-refractivity contribution in [3.8, 4) is 0 Å². The van der Waals surface area contributed by atoms with E-state index in [1.54, 1.807) is 21.5 Å². The summed E-state index contributed by atoms with van der Waals surface area (Å²) >= 11 is -4.27. The van der Waals surface area contributed by atoms with Gasteiger partial charge in [-0.2, -0.15) is 0 Å². The van der Waals surface area contributed by atoms with Crippen molar-refractivity contribution in [1.29, 1.82) is 0 Å². The fraction of sp³-hybridized carbons (Fsp3) is 0. The molecule has 0 aliphatic carbocycles. The molecule has 0 radical (unpaired) electrons. The molecule has 0 saturated carbocycles. The molecule has 200 valence electrons. The van der Waals surface area contributed by atoms with Crippen molar-refractivity contribution >= 4 is 61.0 Å². The van der Waals surface area contributed by atoms with E-state index in [0.29, 0.717) is 0 Å². The molecule has 0 fully saturated rings. The van der Waals surface area contributed by atoms with Gasteiger partial charge in [0, 0.05) is 0 Å². The monoisotopic (exact) mass is 740 g/mol. The quantitative estimate of drug-likeness (QED) is 0.236. The average Bonchev–Trinajstić information content (AvgIpc) is 3.01. The first kappa shape index (κ1) is 31.4. The molecule has 0 aliphatic rings. The topological polar surface area (TPSA) is 63.0 Å². The van der Waals surface area contributed by atoms with Gasteiger partial charge in [0.05, 0.1) is 0 Å². The van der Waals surface area contributed by atoms with E-state index < -0.39 is 39.5 Å².